The molecule has 0 radical (unpaired) electrons. The second-order valence-electron chi connectivity index (χ2n) is 7.40. The van der Waals surface area contributed by atoms with E-state index < -0.39 is 22.7 Å². The van der Waals surface area contributed by atoms with Gasteiger partial charge in [0, 0.05) is 19.2 Å². The van der Waals surface area contributed by atoms with E-state index in [4.69, 9.17) is 16.4 Å². The number of carbonyl (C=O) groups excluding carboxylic acids is 1. The standard InChI is InChI=1S/C19H21BrClFN4O3/c1-19(2,28)8-29-25-18(27)11-7-14-17(23-9-26(14)3)15(22)16(11)24-13-5-4-10(20)6-12(13)21/h4-5,7,9,12,24,28H,6,8H2,1-3H3,(H,25,27). The number of aromatic nitrogens is 2. The molecule has 1 amide bonds. The van der Waals surface area contributed by atoms with Crippen LogP contribution in [0.4, 0.5) is 10.1 Å². The van der Waals surface area contributed by atoms with E-state index in [0.29, 0.717) is 17.6 Å². The quantitative estimate of drug-likeness (QED) is 0.427. The minimum Gasteiger partial charge on any atom is -0.388 e. The number of aryl methyl sites for hydroxylation is 1. The highest BCUT2D eigenvalue weighted by atomic mass is 79.9. The van der Waals surface area contributed by atoms with Crippen molar-refractivity contribution in [1.82, 2.24) is 15.0 Å². The number of hydroxylamine groups is 1. The SMILES string of the molecule is Cn1cnc2c(F)c(NC3=CC=C(Br)CC3Cl)c(C(=O)NOCC(C)(C)O)cc21. The number of rotatable bonds is 6. The number of allylic oxidation sites excluding steroid dienone is 4. The molecule has 10 heteroatoms. The van der Waals surface area contributed by atoms with Crippen LogP contribution in [0.15, 0.2) is 34.7 Å². The molecular formula is C19H21BrClFN4O3. The van der Waals surface area contributed by atoms with Crippen molar-refractivity contribution in [2.75, 3.05) is 11.9 Å². The molecule has 1 aliphatic carbocycles. The molecule has 3 N–H and O–H groups in total. The van der Waals surface area contributed by atoms with Gasteiger partial charge in [0.15, 0.2) is 5.82 Å². The maximum absolute atomic E-state index is 15.3. The highest BCUT2D eigenvalue weighted by molar-refractivity contribution is 9.11. The number of amides is 1. The molecule has 156 valence electrons. The average molecular weight is 488 g/mol. The summed E-state index contributed by atoms with van der Waals surface area (Å²) in [5.74, 6) is -1.34. The zero-order valence-corrected chi connectivity index (χ0v) is 18.4. The van der Waals surface area contributed by atoms with E-state index in [-0.39, 0.29) is 23.4 Å². The number of imidazole rings is 1. The summed E-state index contributed by atoms with van der Waals surface area (Å²) in [6, 6.07) is 1.52. The van der Waals surface area contributed by atoms with Crippen molar-refractivity contribution in [3.05, 3.63) is 46.1 Å². The smallest absolute Gasteiger partial charge is 0.277 e. The summed E-state index contributed by atoms with van der Waals surface area (Å²) in [4.78, 5) is 21.9. The van der Waals surface area contributed by atoms with Gasteiger partial charge in [-0.15, -0.1) is 11.6 Å². The fourth-order valence-electron chi connectivity index (χ4n) is 2.76. The van der Waals surface area contributed by atoms with Crippen molar-refractivity contribution in [2.45, 2.75) is 31.2 Å². The first-order valence-corrected chi connectivity index (χ1v) is 10.0. The van der Waals surface area contributed by atoms with Gasteiger partial charge in [-0.3, -0.25) is 9.63 Å². The Kier molecular flexibility index (Phi) is 6.33. The Morgan fingerprint density at radius 1 is 1.52 bits per heavy atom. The Morgan fingerprint density at radius 2 is 2.24 bits per heavy atom. The Morgan fingerprint density at radius 3 is 2.90 bits per heavy atom. The van der Waals surface area contributed by atoms with Crippen LogP contribution < -0.4 is 10.8 Å². The predicted molar refractivity (Wildman–Crippen MR) is 113 cm³/mol. The number of anilines is 1. The van der Waals surface area contributed by atoms with Crippen molar-refractivity contribution in [3.63, 3.8) is 0 Å². The summed E-state index contributed by atoms with van der Waals surface area (Å²) in [6.45, 7) is 2.94. The first kappa shape index (κ1) is 21.8. The molecule has 1 aliphatic rings. The van der Waals surface area contributed by atoms with Gasteiger partial charge in [-0.1, -0.05) is 22.0 Å². The maximum atomic E-state index is 15.3. The van der Waals surface area contributed by atoms with Crippen LogP contribution >= 0.6 is 27.5 Å². The Labute approximate surface area is 180 Å². The molecule has 1 heterocycles. The fourth-order valence-corrected chi connectivity index (χ4v) is 3.69. The van der Waals surface area contributed by atoms with Gasteiger partial charge in [-0.25, -0.2) is 14.9 Å². The number of alkyl halides is 1. The number of nitrogens with one attached hydrogen (secondary N) is 2. The molecule has 7 nitrogen and oxygen atoms in total. The molecule has 3 rings (SSSR count). The maximum Gasteiger partial charge on any atom is 0.277 e. The van der Waals surface area contributed by atoms with Gasteiger partial charge >= 0.3 is 0 Å². The third-order valence-corrected chi connectivity index (χ3v) is 5.20. The van der Waals surface area contributed by atoms with Gasteiger partial charge in [0.25, 0.3) is 5.91 Å². The summed E-state index contributed by atoms with van der Waals surface area (Å²) >= 11 is 9.76. The zero-order valence-electron chi connectivity index (χ0n) is 16.1. The van der Waals surface area contributed by atoms with Gasteiger partial charge in [-0.05, 0) is 30.5 Å². The number of benzene rings is 1. The molecule has 0 saturated heterocycles. The minimum absolute atomic E-state index is 0.0210. The minimum atomic E-state index is -1.13. The van der Waals surface area contributed by atoms with Gasteiger partial charge in [0.1, 0.15) is 12.1 Å². The first-order valence-electron chi connectivity index (χ1n) is 8.82. The molecule has 1 unspecified atom stereocenters. The van der Waals surface area contributed by atoms with Crippen molar-refractivity contribution >= 4 is 50.2 Å². The van der Waals surface area contributed by atoms with Crippen molar-refractivity contribution in [1.29, 1.82) is 0 Å². The molecule has 0 spiro atoms. The van der Waals surface area contributed by atoms with Crippen LogP contribution in [0.2, 0.25) is 0 Å². The summed E-state index contributed by atoms with van der Waals surface area (Å²) in [6.07, 6.45) is 5.53. The van der Waals surface area contributed by atoms with E-state index in [1.54, 1.807) is 17.7 Å². The van der Waals surface area contributed by atoms with Crippen LogP contribution in [-0.4, -0.2) is 38.1 Å². The summed E-state index contributed by atoms with van der Waals surface area (Å²) in [5, 5.41) is 12.3. The van der Waals surface area contributed by atoms with Crippen molar-refractivity contribution in [2.24, 2.45) is 7.05 Å². The van der Waals surface area contributed by atoms with E-state index >= 15 is 4.39 Å². The number of hydrogen-bond acceptors (Lipinski definition) is 5. The average Bonchev–Trinajstić information content (AvgIpc) is 2.99. The number of carbonyl (C=O) groups is 1. The fraction of sp³-hybridized carbons (Fsp3) is 0.368. The van der Waals surface area contributed by atoms with E-state index in [0.717, 1.165) is 4.48 Å². The van der Waals surface area contributed by atoms with E-state index in [2.05, 4.69) is 31.7 Å². The molecule has 2 aromatic rings. The Balaban J connectivity index is 1.99. The Hall–Kier alpha value is -1.94. The van der Waals surface area contributed by atoms with Gasteiger partial charge < -0.3 is 15.0 Å². The molecule has 0 aliphatic heterocycles. The lowest BCUT2D eigenvalue weighted by Gasteiger charge is -2.22. The summed E-state index contributed by atoms with van der Waals surface area (Å²) < 4.78 is 17.8. The highest BCUT2D eigenvalue weighted by Crippen LogP contribution is 2.33. The summed E-state index contributed by atoms with van der Waals surface area (Å²) in [5.41, 5.74) is 2.21. The highest BCUT2D eigenvalue weighted by Gasteiger charge is 2.25. The van der Waals surface area contributed by atoms with Crippen LogP contribution in [0.3, 0.4) is 0 Å². The van der Waals surface area contributed by atoms with Gasteiger partial charge in [-0.2, -0.15) is 0 Å². The number of aliphatic hydroxyl groups is 1. The topological polar surface area (TPSA) is 88.4 Å². The monoisotopic (exact) mass is 486 g/mol. The number of fused-ring (bicyclic) bond motifs is 1. The molecule has 1 aromatic carbocycles. The van der Waals surface area contributed by atoms with Crippen molar-refractivity contribution in [3.8, 4) is 0 Å². The number of hydrogen-bond donors (Lipinski definition) is 3. The predicted octanol–water partition coefficient (Wildman–Crippen LogP) is 3.73. The van der Waals surface area contributed by atoms with Gasteiger partial charge in [0.05, 0.1) is 34.1 Å². The molecule has 0 bridgehead atoms. The molecule has 29 heavy (non-hydrogen) atoms. The second kappa shape index (κ2) is 8.43. The molecule has 0 saturated carbocycles. The molecular weight excluding hydrogens is 467 g/mol. The molecule has 0 fully saturated rings. The van der Waals surface area contributed by atoms with Crippen LogP contribution in [-0.2, 0) is 11.9 Å². The molecule has 1 aromatic heterocycles. The lowest BCUT2D eigenvalue weighted by atomic mass is 10.1. The van der Waals surface area contributed by atoms with E-state index in [1.165, 1.54) is 26.2 Å². The third-order valence-electron chi connectivity index (χ3n) is 4.22. The van der Waals surface area contributed by atoms with Crippen LogP contribution in [0.25, 0.3) is 11.0 Å². The van der Waals surface area contributed by atoms with E-state index in [1.807, 2.05) is 6.08 Å². The number of halogens is 3. The lowest BCUT2D eigenvalue weighted by Crippen LogP contribution is -2.33. The second-order valence-corrected chi connectivity index (χ2v) is 8.95. The van der Waals surface area contributed by atoms with Crippen LogP contribution in [0.1, 0.15) is 30.6 Å². The largest absolute Gasteiger partial charge is 0.388 e. The normalized spacial score (nSPS) is 17.1. The summed E-state index contributed by atoms with van der Waals surface area (Å²) in [7, 11) is 1.70. The van der Waals surface area contributed by atoms with Crippen LogP contribution in [0, 0.1) is 5.82 Å². The first-order chi connectivity index (χ1) is 13.6. The van der Waals surface area contributed by atoms with Crippen LogP contribution in [0.5, 0.6) is 0 Å². The lowest BCUT2D eigenvalue weighted by molar-refractivity contribution is -0.0522. The van der Waals surface area contributed by atoms with Crippen molar-refractivity contribution < 1.29 is 19.1 Å². The Bertz CT molecular complexity index is 1010. The van der Waals surface area contributed by atoms with Gasteiger partial charge in [0.2, 0.25) is 0 Å². The number of nitrogens with zero attached hydrogens (tertiary/aromatic N) is 2. The third kappa shape index (κ3) is 4.98. The molecule has 1 atom stereocenters. The zero-order chi connectivity index (χ0) is 21.3. The van der Waals surface area contributed by atoms with E-state index in [9.17, 15) is 9.90 Å².